The molecule has 15 rings (SSSR count). The van der Waals surface area contributed by atoms with Crippen LogP contribution in [0.3, 0.4) is 0 Å². The average molecular weight is 1330 g/mol. The molecule has 3 atom stereocenters. The molecular weight excluding hydrogens is 1260 g/mol. The number of fused-ring (bicyclic) bond motifs is 3. The van der Waals surface area contributed by atoms with E-state index in [4.69, 9.17) is 9.90 Å². The Morgan fingerprint density at radius 2 is 0.520 bits per heavy atom. The van der Waals surface area contributed by atoms with Crippen LogP contribution in [0.1, 0.15) is 91.8 Å². The van der Waals surface area contributed by atoms with Gasteiger partial charge in [-0.3, -0.25) is 48.3 Å². The van der Waals surface area contributed by atoms with Gasteiger partial charge in [-0.05, 0) is 94.6 Å². The summed E-state index contributed by atoms with van der Waals surface area (Å²) in [5.41, 5.74) is 14.3. The lowest BCUT2D eigenvalue weighted by molar-refractivity contribution is -0.134. The molecule has 3 aromatic heterocycles. The quantitative estimate of drug-likeness (QED) is 0.0402. The van der Waals surface area contributed by atoms with Crippen LogP contribution in [0.2, 0.25) is 0 Å². The summed E-state index contributed by atoms with van der Waals surface area (Å²) < 4.78 is 0. The molecular formula is C80H67N9O11. The molecule has 7 N–H and O–H groups in total. The largest absolute Gasteiger partial charge is 0.507 e. The van der Waals surface area contributed by atoms with Gasteiger partial charge >= 0.3 is 17.7 Å². The number of carbonyl (C=O) groups excluding carboxylic acids is 6. The van der Waals surface area contributed by atoms with Gasteiger partial charge in [-0.25, -0.2) is 15.0 Å². The smallest absolute Gasteiger partial charge is 0.302 e. The van der Waals surface area contributed by atoms with E-state index < -0.39 is 59.2 Å². The normalized spacial score (nSPS) is 17.5. The Bertz CT molecular complexity index is 4680. The second-order valence-corrected chi connectivity index (χ2v) is 24.6. The first-order chi connectivity index (χ1) is 48.0. The number of aliphatic hydroxyl groups excluding tert-OH is 3. The average Bonchev–Trinajstić information content (AvgIpc) is 1.60. The summed E-state index contributed by atoms with van der Waals surface area (Å²) in [5, 5.41) is 40.8. The summed E-state index contributed by atoms with van der Waals surface area (Å²) in [6.45, 7) is 12.8. The van der Waals surface area contributed by atoms with Gasteiger partial charge < -0.3 is 35.4 Å². The number of imidazole rings is 3. The van der Waals surface area contributed by atoms with Crippen LogP contribution in [0, 0.1) is 41.5 Å². The fourth-order valence-electron chi connectivity index (χ4n) is 12.1. The van der Waals surface area contributed by atoms with E-state index in [0.29, 0.717) is 49.9 Å². The number of benzene rings is 9. The monoisotopic (exact) mass is 1330 g/mol. The number of carbonyl (C=O) groups is 7. The van der Waals surface area contributed by atoms with Gasteiger partial charge in [0.05, 0.1) is 67.9 Å². The van der Waals surface area contributed by atoms with Crippen molar-refractivity contribution in [1.29, 1.82) is 0 Å². The van der Waals surface area contributed by atoms with Gasteiger partial charge in [-0.1, -0.05) is 215 Å². The number of carboxylic acids is 1. The minimum absolute atomic E-state index is 0.0446. The van der Waals surface area contributed by atoms with Gasteiger partial charge in [0.1, 0.15) is 17.3 Å². The number of hydrogen-bond acceptors (Lipinski definition) is 13. The van der Waals surface area contributed by atoms with Crippen LogP contribution in [0.4, 0.5) is 17.8 Å². The molecule has 3 aliphatic rings. The molecule has 0 saturated carbocycles. The van der Waals surface area contributed by atoms with Crippen molar-refractivity contribution in [1.82, 2.24) is 29.9 Å². The standard InChI is InChI=1S/3C26H21N3O3.C2H4O2/c3*1-15-7-11-17(12-8-15)22-21(23(30)18-13-9-16(2)10-14-18)24(31)25(32)29(22)26-27-19-5-3-4-6-20(19)28-26;1-2(3)4/h3*3-14,22,30H,1-2H3,(H,27,28);1H3,(H,3,4). The third-order valence-corrected chi connectivity index (χ3v) is 17.3. The molecule has 20 nitrogen and oxygen atoms in total. The number of anilines is 3. The highest BCUT2D eigenvalue weighted by molar-refractivity contribution is 6.53. The van der Waals surface area contributed by atoms with Crippen molar-refractivity contribution in [2.45, 2.75) is 66.6 Å². The molecule has 0 radical (unpaired) electrons. The predicted octanol–water partition coefficient (Wildman–Crippen LogP) is 14.5. The van der Waals surface area contributed by atoms with E-state index in [2.05, 4.69) is 29.9 Å². The molecule has 3 amide bonds. The van der Waals surface area contributed by atoms with Crippen molar-refractivity contribution in [2.24, 2.45) is 0 Å². The Hall–Kier alpha value is -13.1. The van der Waals surface area contributed by atoms with Crippen LogP contribution >= 0.6 is 0 Å². The number of aliphatic carboxylic acids is 1. The number of Topliss-reactive ketones (excluding diaryl/α,β-unsaturated/α-hetero) is 3. The van der Waals surface area contributed by atoms with E-state index >= 15 is 0 Å². The number of carboxylic acid groups (broad SMARTS) is 1. The molecule has 100 heavy (non-hydrogen) atoms. The number of aromatic amines is 3. The van der Waals surface area contributed by atoms with Crippen LogP contribution in [0.25, 0.3) is 50.4 Å². The minimum atomic E-state index is -0.833. The number of aliphatic hydroxyl groups is 3. The number of nitrogens with zero attached hydrogens (tertiary/aromatic N) is 6. The molecule has 20 heteroatoms. The molecule has 3 unspecified atom stereocenters. The van der Waals surface area contributed by atoms with Gasteiger partial charge in [0.2, 0.25) is 17.8 Å². The Morgan fingerprint density at radius 1 is 0.320 bits per heavy atom. The Morgan fingerprint density at radius 3 is 0.730 bits per heavy atom. The number of aromatic nitrogens is 6. The van der Waals surface area contributed by atoms with Crippen LogP contribution in [0.15, 0.2) is 235 Å². The number of ketones is 3. The van der Waals surface area contributed by atoms with Crippen LogP contribution < -0.4 is 14.7 Å². The highest BCUT2D eigenvalue weighted by Crippen LogP contribution is 2.45. The maximum atomic E-state index is 13.2. The second kappa shape index (κ2) is 27.9. The number of hydrogen-bond donors (Lipinski definition) is 7. The van der Waals surface area contributed by atoms with Gasteiger partial charge in [0, 0.05) is 23.6 Å². The van der Waals surface area contributed by atoms with Gasteiger partial charge in [0.15, 0.2) is 0 Å². The van der Waals surface area contributed by atoms with E-state index in [0.717, 1.165) is 56.9 Å². The van der Waals surface area contributed by atoms with Crippen LogP contribution in [-0.2, 0) is 33.6 Å². The zero-order chi connectivity index (χ0) is 70.8. The fraction of sp³-hybridized carbons (Fsp3) is 0.125. The first kappa shape index (κ1) is 66.9. The number of para-hydroxylation sites is 6. The van der Waals surface area contributed by atoms with Gasteiger partial charge in [-0.15, -0.1) is 0 Å². The highest BCUT2D eigenvalue weighted by atomic mass is 16.4. The molecule has 0 bridgehead atoms. The summed E-state index contributed by atoms with van der Waals surface area (Å²) in [6.07, 6.45) is 0. The van der Waals surface area contributed by atoms with E-state index in [1.54, 1.807) is 36.4 Å². The number of amides is 3. The zero-order valence-corrected chi connectivity index (χ0v) is 55.3. The van der Waals surface area contributed by atoms with Crippen molar-refractivity contribution in [3.8, 4) is 0 Å². The second-order valence-electron chi connectivity index (χ2n) is 24.6. The molecule has 12 aromatic rings. The van der Waals surface area contributed by atoms with Gasteiger partial charge in [-0.2, -0.15) is 0 Å². The minimum Gasteiger partial charge on any atom is -0.507 e. The lowest BCUT2D eigenvalue weighted by Gasteiger charge is -2.23. The molecule has 3 aliphatic heterocycles. The lowest BCUT2D eigenvalue weighted by Crippen LogP contribution is -2.30. The lowest BCUT2D eigenvalue weighted by atomic mass is 9.94. The third-order valence-electron chi connectivity index (χ3n) is 17.3. The number of H-pyrrole nitrogens is 3. The van der Waals surface area contributed by atoms with E-state index in [9.17, 15) is 44.1 Å². The molecule has 0 spiro atoms. The number of aryl methyl sites for hydroxylation is 6. The molecule has 498 valence electrons. The maximum Gasteiger partial charge on any atom is 0.302 e. The number of nitrogens with one attached hydrogen (secondary N) is 3. The third kappa shape index (κ3) is 13.3. The fourth-order valence-corrected chi connectivity index (χ4v) is 12.1. The summed E-state index contributed by atoms with van der Waals surface area (Å²) in [6, 6.07) is 64.1. The Balaban J connectivity index is 0.000000138. The van der Waals surface area contributed by atoms with Crippen molar-refractivity contribution >= 4 is 109 Å². The first-order valence-electron chi connectivity index (χ1n) is 31.9. The zero-order valence-electron chi connectivity index (χ0n) is 55.3. The van der Waals surface area contributed by atoms with Crippen LogP contribution in [-0.4, -0.2) is 91.4 Å². The molecule has 6 heterocycles. The maximum absolute atomic E-state index is 13.2. The molecule has 3 fully saturated rings. The highest BCUT2D eigenvalue weighted by Gasteiger charge is 2.51. The summed E-state index contributed by atoms with van der Waals surface area (Å²) in [5.74, 6) is -5.06. The summed E-state index contributed by atoms with van der Waals surface area (Å²) >= 11 is 0. The van der Waals surface area contributed by atoms with E-state index in [-0.39, 0.29) is 51.8 Å². The van der Waals surface area contributed by atoms with Crippen molar-refractivity contribution in [3.05, 3.63) is 302 Å². The number of rotatable bonds is 9. The molecule has 9 aromatic carbocycles. The topological polar surface area (TPSA) is 296 Å². The molecule has 3 saturated heterocycles. The Kier molecular flexibility index (Phi) is 18.7. The SMILES string of the molecule is CC(=O)O.Cc1ccc(C(O)=C2C(=O)C(=O)N(c3nc4ccccc4[nH]3)C2c2ccc(C)cc2)cc1.Cc1ccc(C(O)=C2C(=O)C(=O)N(c3nc4ccccc4[nH]3)C2c2ccc(C)cc2)cc1.Cc1ccc(C(O)=C2C(=O)C(=O)N(c3nc4ccccc4[nH]3)C2c2ccc(C)cc2)cc1. The summed E-state index contributed by atoms with van der Waals surface area (Å²) in [7, 11) is 0. The predicted molar refractivity (Wildman–Crippen MR) is 383 cm³/mol. The van der Waals surface area contributed by atoms with Gasteiger partial charge in [0.25, 0.3) is 23.3 Å². The van der Waals surface area contributed by atoms with Crippen molar-refractivity contribution in [2.75, 3.05) is 14.7 Å². The summed E-state index contributed by atoms with van der Waals surface area (Å²) in [4.78, 5) is 115. The Labute approximate surface area is 573 Å². The van der Waals surface area contributed by atoms with Crippen LogP contribution in [0.5, 0.6) is 0 Å². The first-order valence-corrected chi connectivity index (χ1v) is 31.9. The van der Waals surface area contributed by atoms with E-state index in [1.807, 2.05) is 224 Å². The van der Waals surface area contributed by atoms with Crippen molar-refractivity contribution in [3.63, 3.8) is 0 Å². The molecule has 0 aliphatic carbocycles. The van der Waals surface area contributed by atoms with Crippen molar-refractivity contribution < 1.29 is 54.0 Å². The van der Waals surface area contributed by atoms with E-state index in [1.165, 1.54) is 14.7 Å².